The molecule has 8 nitrogen and oxygen atoms in total. The van der Waals surface area contributed by atoms with Gasteiger partial charge >= 0.3 is 5.97 Å². The zero-order chi connectivity index (χ0) is 22.2. The fraction of sp³-hybridized carbons (Fsp3) is 0.391. The van der Waals surface area contributed by atoms with E-state index in [-0.39, 0.29) is 12.5 Å². The van der Waals surface area contributed by atoms with Crippen LogP contribution in [0.1, 0.15) is 15.9 Å². The lowest BCUT2D eigenvalue weighted by molar-refractivity contribution is -0.142. The molecular weight excluding hydrogens is 398 g/mol. The highest BCUT2D eigenvalue weighted by molar-refractivity contribution is 5.95. The standard InChI is InChI=1S/C23H29N3O5/c1-25-10-12-26(13-11-25)19-7-5-4-6-18(19)15-24-23(28)17-8-9-20(29-2)21(14-17)31-16-22(27)30-3/h4-9,14H,10-13,15-16H2,1-3H3,(H,24,28). The molecule has 8 heteroatoms. The molecule has 1 heterocycles. The van der Waals surface area contributed by atoms with Crippen LogP contribution >= 0.6 is 0 Å². The monoisotopic (exact) mass is 427 g/mol. The van der Waals surface area contributed by atoms with Gasteiger partial charge in [0, 0.05) is 44.0 Å². The van der Waals surface area contributed by atoms with Gasteiger partial charge in [0.2, 0.25) is 0 Å². The van der Waals surface area contributed by atoms with Crippen LogP contribution in [0.25, 0.3) is 0 Å². The molecule has 1 saturated heterocycles. The van der Waals surface area contributed by atoms with Crippen molar-refractivity contribution in [3.63, 3.8) is 0 Å². The van der Waals surface area contributed by atoms with Gasteiger partial charge in [-0.15, -0.1) is 0 Å². The lowest BCUT2D eigenvalue weighted by Crippen LogP contribution is -2.45. The van der Waals surface area contributed by atoms with Gasteiger partial charge in [-0.1, -0.05) is 18.2 Å². The van der Waals surface area contributed by atoms with Gasteiger partial charge in [-0.2, -0.15) is 0 Å². The van der Waals surface area contributed by atoms with Gasteiger partial charge in [0.25, 0.3) is 5.91 Å². The highest BCUT2D eigenvalue weighted by atomic mass is 16.6. The van der Waals surface area contributed by atoms with E-state index in [0.717, 1.165) is 37.4 Å². The Bertz CT molecular complexity index is 910. The number of nitrogens with one attached hydrogen (secondary N) is 1. The molecule has 1 aliphatic heterocycles. The van der Waals surface area contributed by atoms with E-state index in [0.29, 0.717) is 23.6 Å². The van der Waals surface area contributed by atoms with Gasteiger partial charge in [-0.05, 0) is 36.9 Å². The largest absolute Gasteiger partial charge is 0.493 e. The van der Waals surface area contributed by atoms with Crippen LogP contribution < -0.4 is 19.7 Å². The second-order valence-corrected chi connectivity index (χ2v) is 7.33. The highest BCUT2D eigenvalue weighted by Gasteiger charge is 2.18. The number of carbonyl (C=O) groups excluding carboxylic acids is 2. The number of amides is 1. The van der Waals surface area contributed by atoms with Gasteiger partial charge in [0.1, 0.15) is 0 Å². The van der Waals surface area contributed by atoms with Gasteiger partial charge < -0.3 is 29.3 Å². The molecule has 31 heavy (non-hydrogen) atoms. The third-order valence-electron chi connectivity index (χ3n) is 5.27. The SMILES string of the molecule is COC(=O)COc1cc(C(=O)NCc2ccccc2N2CCN(C)CC2)ccc1OC. The molecule has 1 fully saturated rings. The smallest absolute Gasteiger partial charge is 0.343 e. The molecule has 0 atom stereocenters. The topological polar surface area (TPSA) is 80.3 Å². The Kier molecular flexibility index (Phi) is 7.72. The summed E-state index contributed by atoms with van der Waals surface area (Å²) in [4.78, 5) is 28.8. The first-order chi connectivity index (χ1) is 15.0. The molecule has 1 N–H and O–H groups in total. The van der Waals surface area contributed by atoms with Crippen molar-refractivity contribution in [3.05, 3.63) is 53.6 Å². The summed E-state index contributed by atoms with van der Waals surface area (Å²) < 4.78 is 15.3. The van der Waals surface area contributed by atoms with E-state index in [1.807, 2.05) is 18.2 Å². The predicted octanol–water partition coefficient (Wildman–Crippen LogP) is 1.93. The number of para-hydroxylation sites is 1. The maximum absolute atomic E-state index is 12.8. The van der Waals surface area contributed by atoms with Gasteiger partial charge in [-0.3, -0.25) is 4.79 Å². The molecule has 3 rings (SSSR count). The third kappa shape index (κ3) is 5.88. The number of ether oxygens (including phenoxy) is 3. The van der Waals surface area contributed by atoms with Crippen LogP contribution in [0, 0.1) is 0 Å². The van der Waals surface area contributed by atoms with Crippen LogP contribution in [-0.2, 0) is 16.1 Å². The second kappa shape index (κ2) is 10.7. The zero-order valence-corrected chi connectivity index (χ0v) is 18.2. The minimum absolute atomic E-state index is 0.237. The molecule has 0 bridgehead atoms. The van der Waals surface area contributed by atoms with Crippen LogP contribution in [-0.4, -0.2) is 70.8 Å². The first-order valence-corrected chi connectivity index (χ1v) is 10.2. The number of hydrogen-bond acceptors (Lipinski definition) is 7. The Morgan fingerprint density at radius 3 is 2.45 bits per heavy atom. The van der Waals surface area contributed by atoms with E-state index in [1.54, 1.807) is 18.2 Å². The third-order valence-corrected chi connectivity index (χ3v) is 5.27. The molecule has 0 unspecified atom stereocenters. The molecule has 1 amide bonds. The summed E-state index contributed by atoms with van der Waals surface area (Å²) in [5, 5.41) is 2.98. The van der Waals surface area contributed by atoms with E-state index in [1.165, 1.54) is 14.2 Å². The first kappa shape index (κ1) is 22.4. The minimum atomic E-state index is -0.516. The van der Waals surface area contributed by atoms with Crippen molar-refractivity contribution in [1.82, 2.24) is 10.2 Å². The summed E-state index contributed by atoms with van der Waals surface area (Å²) in [5.41, 5.74) is 2.63. The van der Waals surface area contributed by atoms with E-state index < -0.39 is 5.97 Å². The lowest BCUT2D eigenvalue weighted by Gasteiger charge is -2.35. The van der Waals surface area contributed by atoms with Gasteiger partial charge in [-0.25, -0.2) is 4.79 Å². The molecule has 2 aromatic carbocycles. The number of rotatable bonds is 8. The van der Waals surface area contributed by atoms with Crippen LogP contribution in [0.5, 0.6) is 11.5 Å². The van der Waals surface area contributed by atoms with E-state index in [9.17, 15) is 9.59 Å². The first-order valence-electron chi connectivity index (χ1n) is 10.2. The van der Waals surface area contributed by atoms with Gasteiger partial charge in [0.05, 0.1) is 14.2 Å². The van der Waals surface area contributed by atoms with E-state index >= 15 is 0 Å². The number of nitrogens with zero attached hydrogens (tertiary/aromatic N) is 2. The highest BCUT2D eigenvalue weighted by Crippen LogP contribution is 2.28. The fourth-order valence-corrected chi connectivity index (χ4v) is 3.42. The Balaban J connectivity index is 1.68. The maximum Gasteiger partial charge on any atom is 0.343 e. The summed E-state index contributed by atoms with van der Waals surface area (Å²) >= 11 is 0. The van der Waals surface area contributed by atoms with Crippen molar-refractivity contribution in [1.29, 1.82) is 0 Å². The molecule has 2 aromatic rings. The number of carbonyl (C=O) groups is 2. The quantitative estimate of drug-likeness (QED) is 0.645. The summed E-state index contributed by atoms with van der Waals surface area (Å²) in [6.07, 6.45) is 0. The van der Waals surface area contributed by atoms with Crippen LogP contribution in [0.15, 0.2) is 42.5 Å². The average molecular weight is 428 g/mol. The summed E-state index contributed by atoms with van der Waals surface area (Å²) in [7, 11) is 4.91. The molecule has 0 saturated carbocycles. The lowest BCUT2D eigenvalue weighted by atomic mass is 10.1. The van der Waals surface area contributed by atoms with Crippen molar-refractivity contribution in [2.24, 2.45) is 0 Å². The Morgan fingerprint density at radius 2 is 1.74 bits per heavy atom. The molecule has 0 radical (unpaired) electrons. The van der Waals surface area contributed by atoms with E-state index in [4.69, 9.17) is 9.47 Å². The number of likely N-dealkylation sites (N-methyl/N-ethyl adjacent to an activating group) is 1. The summed E-state index contributed by atoms with van der Waals surface area (Å²) in [6.45, 7) is 4.09. The van der Waals surface area contributed by atoms with E-state index in [2.05, 4.69) is 33.0 Å². The summed E-state index contributed by atoms with van der Waals surface area (Å²) in [6, 6.07) is 13.0. The molecular formula is C23H29N3O5. The number of anilines is 1. The second-order valence-electron chi connectivity index (χ2n) is 7.33. The molecule has 0 spiro atoms. The van der Waals surface area contributed by atoms with Crippen molar-refractivity contribution in [2.75, 3.05) is 59.0 Å². The van der Waals surface area contributed by atoms with Crippen LogP contribution in [0.2, 0.25) is 0 Å². The molecule has 0 aliphatic carbocycles. The Labute approximate surface area is 182 Å². The predicted molar refractivity (Wildman–Crippen MR) is 118 cm³/mol. The fourth-order valence-electron chi connectivity index (χ4n) is 3.42. The number of methoxy groups -OCH3 is 2. The Morgan fingerprint density at radius 1 is 1.00 bits per heavy atom. The van der Waals surface area contributed by atoms with Gasteiger partial charge in [0.15, 0.2) is 18.1 Å². The number of piperazine rings is 1. The minimum Gasteiger partial charge on any atom is -0.493 e. The average Bonchev–Trinajstić information content (AvgIpc) is 2.81. The zero-order valence-electron chi connectivity index (χ0n) is 18.2. The molecule has 166 valence electrons. The van der Waals surface area contributed by atoms with Crippen molar-refractivity contribution < 1.29 is 23.8 Å². The normalized spacial score (nSPS) is 14.1. The molecule has 0 aromatic heterocycles. The van der Waals surface area contributed by atoms with Crippen molar-refractivity contribution >= 4 is 17.6 Å². The number of benzene rings is 2. The van der Waals surface area contributed by atoms with Crippen molar-refractivity contribution in [3.8, 4) is 11.5 Å². The van der Waals surface area contributed by atoms with Crippen molar-refractivity contribution in [2.45, 2.75) is 6.54 Å². The van der Waals surface area contributed by atoms with Crippen LogP contribution in [0.4, 0.5) is 5.69 Å². The summed E-state index contributed by atoms with van der Waals surface area (Å²) in [5.74, 6) is -0.0181. The number of esters is 1. The maximum atomic E-state index is 12.8. The molecule has 1 aliphatic rings. The van der Waals surface area contributed by atoms with Crippen LogP contribution in [0.3, 0.4) is 0 Å². The Hall–Kier alpha value is -3.26. The number of hydrogen-bond donors (Lipinski definition) is 1.